The SMILES string of the molecule is COC(=O)Oc1c(Cn2ccc(C(=O)NC3[C@@H]4CC5C[C@H]3CC(O)(C5)C4)cc2=O)c(=O)c2ccc(Cl)cc2n1-c1ccccc1. The van der Waals surface area contributed by atoms with Crippen LogP contribution in [0.25, 0.3) is 16.6 Å². The van der Waals surface area contributed by atoms with Gasteiger partial charge in [0.15, 0.2) is 5.43 Å². The maximum Gasteiger partial charge on any atom is 0.514 e. The fourth-order valence-electron chi connectivity index (χ4n) is 7.99. The molecule has 4 bridgehead atoms. The van der Waals surface area contributed by atoms with E-state index in [0.29, 0.717) is 40.4 Å². The Bertz CT molecular complexity index is 1940. The number of rotatable bonds is 6. The number of amides is 1. The Morgan fingerprint density at radius 2 is 1.76 bits per heavy atom. The molecule has 4 saturated carbocycles. The molecule has 0 spiro atoms. The van der Waals surface area contributed by atoms with Crippen LogP contribution < -0.4 is 21.0 Å². The Hall–Kier alpha value is -4.41. The summed E-state index contributed by atoms with van der Waals surface area (Å²) in [6.07, 6.45) is 4.66. The monoisotopic (exact) mass is 629 g/mol. The molecule has 0 aliphatic heterocycles. The Morgan fingerprint density at radius 3 is 2.42 bits per heavy atom. The number of pyridine rings is 2. The molecule has 8 rings (SSSR count). The van der Waals surface area contributed by atoms with Crippen LogP contribution in [0.4, 0.5) is 4.79 Å². The van der Waals surface area contributed by atoms with E-state index in [9.17, 15) is 24.3 Å². The first-order valence-corrected chi connectivity index (χ1v) is 15.4. The summed E-state index contributed by atoms with van der Waals surface area (Å²) in [5.74, 6) is 0.510. The van der Waals surface area contributed by atoms with Crippen molar-refractivity contribution in [1.82, 2.24) is 14.5 Å². The van der Waals surface area contributed by atoms with Crippen LogP contribution in [0, 0.1) is 17.8 Å². The lowest BCUT2D eigenvalue weighted by molar-refractivity contribution is -0.136. The third-order valence-electron chi connectivity index (χ3n) is 9.67. The highest BCUT2D eigenvalue weighted by Gasteiger charge is 2.55. The van der Waals surface area contributed by atoms with E-state index in [-0.39, 0.29) is 47.3 Å². The fourth-order valence-corrected chi connectivity index (χ4v) is 8.15. The van der Waals surface area contributed by atoms with Crippen molar-refractivity contribution in [2.24, 2.45) is 17.8 Å². The second-order valence-electron chi connectivity index (χ2n) is 12.6. The van der Waals surface area contributed by atoms with Gasteiger partial charge in [0.1, 0.15) is 0 Å². The van der Waals surface area contributed by atoms with E-state index in [0.717, 1.165) is 26.4 Å². The first kappa shape index (κ1) is 29.3. The molecule has 45 heavy (non-hydrogen) atoms. The topological polar surface area (TPSA) is 129 Å². The van der Waals surface area contributed by atoms with Gasteiger partial charge in [-0.25, -0.2) is 4.79 Å². The Kier molecular flexibility index (Phi) is 7.29. The molecule has 0 saturated heterocycles. The summed E-state index contributed by atoms with van der Waals surface area (Å²) >= 11 is 6.31. The third-order valence-corrected chi connectivity index (χ3v) is 9.90. The predicted octanol–water partition coefficient (Wildman–Crippen LogP) is 4.67. The van der Waals surface area contributed by atoms with Gasteiger partial charge >= 0.3 is 6.16 Å². The van der Waals surface area contributed by atoms with Gasteiger partial charge in [-0.2, -0.15) is 0 Å². The predicted molar refractivity (Wildman–Crippen MR) is 167 cm³/mol. The van der Waals surface area contributed by atoms with Gasteiger partial charge < -0.3 is 24.5 Å². The highest BCUT2D eigenvalue weighted by Crippen LogP contribution is 2.55. The van der Waals surface area contributed by atoms with Gasteiger partial charge in [0.2, 0.25) is 5.88 Å². The molecule has 2 aromatic heterocycles. The van der Waals surface area contributed by atoms with Gasteiger partial charge in [-0.3, -0.25) is 19.0 Å². The molecule has 11 heteroatoms. The number of benzene rings is 2. The Labute approximate surface area is 263 Å². The molecular weight excluding hydrogens is 598 g/mol. The summed E-state index contributed by atoms with van der Waals surface area (Å²) in [7, 11) is 1.16. The number of halogens is 1. The maximum absolute atomic E-state index is 13.9. The van der Waals surface area contributed by atoms with E-state index in [1.54, 1.807) is 47.0 Å². The van der Waals surface area contributed by atoms with E-state index in [1.807, 2.05) is 6.07 Å². The van der Waals surface area contributed by atoms with Gasteiger partial charge in [0.05, 0.1) is 30.3 Å². The lowest BCUT2D eigenvalue weighted by atomic mass is 9.52. The number of nitrogens with one attached hydrogen (secondary N) is 1. The van der Waals surface area contributed by atoms with E-state index < -0.39 is 22.7 Å². The van der Waals surface area contributed by atoms with E-state index in [1.165, 1.54) is 22.9 Å². The van der Waals surface area contributed by atoms with Crippen molar-refractivity contribution >= 4 is 34.6 Å². The molecule has 232 valence electrons. The Balaban J connectivity index is 1.24. The molecule has 4 aliphatic carbocycles. The number of nitrogens with zero attached hydrogens (tertiary/aromatic N) is 2. The molecule has 2 heterocycles. The molecule has 5 atom stereocenters. The zero-order chi connectivity index (χ0) is 31.5. The number of ether oxygens (including phenoxy) is 2. The van der Waals surface area contributed by atoms with Crippen molar-refractivity contribution < 1.29 is 24.2 Å². The smallest absolute Gasteiger partial charge is 0.437 e. The van der Waals surface area contributed by atoms with Gasteiger partial charge in [-0.15, -0.1) is 0 Å². The number of carbonyl (C=O) groups excluding carboxylic acids is 2. The maximum atomic E-state index is 13.9. The van der Waals surface area contributed by atoms with Crippen molar-refractivity contribution in [3.05, 3.63) is 104 Å². The molecule has 10 nitrogen and oxygen atoms in total. The molecule has 4 fully saturated rings. The summed E-state index contributed by atoms with van der Waals surface area (Å²) in [5, 5.41) is 14.7. The van der Waals surface area contributed by atoms with Crippen molar-refractivity contribution in [2.75, 3.05) is 7.11 Å². The largest absolute Gasteiger partial charge is 0.514 e. The zero-order valence-electron chi connectivity index (χ0n) is 24.6. The molecular formula is C34H32ClN3O7. The van der Waals surface area contributed by atoms with Gasteiger partial charge in [-0.1, -0.05) is 29.8 Å². The lowest BCUT2D eigenvalue weighted by Crippen LogP contribution is -2.61. The minimum atomic E-state index is -1.04. The average Bonchev–Trinajstić information content (AvgIpc) is 3.01. The van der Waals surface area contributed by atoms with Gasteiger partial charge in [0, 0.05) is 40.0 Å². The van der Waals surface area contributed by atoms with Crippen LogP contribution in [0.5, 0.6) is 5.88 Å². The standard InChI is InChI=1S/C34H32ClN3O7/c1-44-33(42)45-32-26(30(40)25-8-7-23(35)14-27(25)38(32)24-5-3-2-4-6-24)18-37-10-9-20(13-28(37)39)31(41)36-29-21-11-19-12-22(29)17-34(43,15-19)16-21/h2-10,13-14,19,21-22,29,43H,11-12,15-18H2,1H3,(H,36,41)/t19?,21-,22+,29?,34?. The molecule has 2 N–H and O–H groups in total. The van der Waals surface area contributed by atoms with Crippen LogP contribution in [0.1, 0.15) is 48.0 Å². The van der Waals surface area contributed by atoms with Crippen LogP contribution in [0.15, 0.2) is 76.4 Å². The number of carbonyl (C=O) groups is 2. The Morgan fingerprint density at radius 1 is 1.02 bits per heavy atom. The summed E-state index contributed by atoms with van der Waals surface area (Å²) in [5.41, 5.74) is -0.339. The third kappa shape index (κ3) is 5.32. The van der Waals surface area contributed by atoms with Crippen LogP contribution in [-0.4, -0.2) is 45.1 Å². The number of para-hydroxylation sites is 1. The van der Waals surface area contributed by atoms with E-state index in [4.69, 9.17) is 21.1 Å². The fraction of sp³-hybridized carbons (Fsp3) is 0.353. The molecule has 2 aromatic carbocycles. The van der Waals surface area contributed by atoms with Crippen molar-refractivity contribution in [3.63, 3.8) is 0 Å². The summed E-state index contributed by atoms with van der Waals surface area (Å²) in [6.45, 7) is -0.246. The zero-order valence-corrected chi connectivity index (χ0v) is 25.3. The minimum Gasteiger partial charge on any atom is -0.437 e. The number of aliphatic hydroxyl groups is 1. The summed E-state index contributed by atoms with van der Waals surface area (Å²) in [4.78, 5) is 53.0. The quantitative estimate of drug-likeness (QED) is 0.297. The molecule has 4 aromatic rings. The van der Waals surface area contributed by atoms with Crippen molar-refractivity contribution in [3.8, 4) is 11.6 Å². The van der Waals surface area contributed by atoms with E-state index in [2.05, 4.69) is 5.32 Å². The second-order valence-corrected chi connectivity index (χ2v) is 13.0. The molecule has 3 unspecified atom stereocenters. The highest BCUT2D eigenvalue weighted by molar-refractivity contribution is 6.31. The van der Waals surface area contributed by atoms with Crippen LogP contribution in [-0.2, 0) is 11.3 Å². The first-order valence-electron chi connectivity index (χ1n) is 15.0. The molecule has 4 aliphatic rings. The molecule has 0 radical (unpaired) electrons. The van der Waals surface area contributed by atoms with Crippen LogP contribution in [0.2, 0.25) is 5.02 Å². The second kappa shape index (κ2) is 11.2. The van der Waals surface area contributed by atoms with Gasteiger partial charge in [0.25, 0.3) is 11.5 Å². The minimum absolute atomic E-state index is 0.0302. The molecule has 1 amide bonds. The number of hydrogen-bond acceptors (Lipinski definition) is 7. The first-order chi connectivity index (χ1) is 21.6. The van der Waals surface area contributed by atoms with E-state index >= 15 is 0 Å². The van der Waals surface area contributed by atoms with Crippen LogP contribution in [0.3, 0.4) is 0 Å². The van der Waals surface area contributed by atoms with Crippen LogP contribution >= 0.6 is 11.6 Å². The average molecular weight is 630 g/mol. The normalized spacial score (nSPS) is 24.9. The van der Waals surface area contributed by atoms with Crippen molar-refractivity contribution in [2.45, 2.75) is 50.3 Å². The number of methoxy groups -OCH3 is 1. The van der Waals surface area contributed by atoms with Gasteiger partial charge in [-0.05, 0) is 86.3 Å². The number of fused-ring (bicyclic) bond motifs is 1. The van der Waals surface area contributed by atoms with Crippen molar-refractivity contribution in [1.29, 1.82) is 0 Å². The number of aromatic nitrogens is 2. The summed E-state index contributed by atoms with van der Waals surface area (Å²) < 4.78 is 13.2. The highest BCUT2D eigenvalue weighted by atomic mass is 35.5. The number of hydrogen-bond donors (Lipinski definition) is 2. The lowest BCUT2D eigenvalue weighted by Gasteiger charge is -2.58. The summed E-state index contributed by atoms with van der Waals surface area (Å²) in [6, 6.07) is 16.5.